The fourth-order valence-electron chi connectivity index (χ4n) is 1.37. The molecule has 9 heteroatoms. The van der Waals surface area contributed by atoms with E-state index in [1.165, 1.54) is 6.92 Å². The van der Waals surface area contributed by atoms with Crippen molar-refractivity contribution in [3.05, 3.63) is 23.8 Å². The summed E-state index contributed by atoms with van der Waals surface area (Å²) < 4.78 is 90.2. The van der Waals surface area contributed by atoms with Crippen LogP contribution in [0.4, 0.5) is 34.4 Å². The van der Waals surface area contributed by atoms with Crippen LogP contribution in [0.15, 0.2) is 23.1 Å². The van der Waals surface area contributed by atoms with Crippen LogP contribution in [0.1, 0.15) is 12.0 Å². The molecule has 0 saturated heterocycles. The number of halogens is 7. The van der Waals surface area contributed by atoms with E-state index < -0.39 is 33.1 Å². The van der Waals surface area contributed by atoms with E-state index in [4.69, 9.17) is 5.73 Å². The average Bonchev–Trinajstić information content (AvgIpc) is 2.17. The summed E-state index contributed by atoms with van der Waals surface area (Å²) in [5.41, 5.74) is 5.27. The van der Waals surface area contributed by atoms with E-state index in [1.807, 2.05) is 0 Å². The largest absolute Gasteiger partial charge is 0.399 e. The molecule has 0 atom stereocenters. The summed E-state index contributed by atoms with van der Waals surface area (Å²) in [6.07, 6.45) is -7.33. The molecule has 0 heterocycles. The summed E-state index contributed by atoms with van der Waals surface area (Å²) in [5, 5.41) is 0. The second-order valence-corrected chi connectivity index (χ2v) is 7.69. The van der Waals surface area contributed by atoms with Gasteiger partial charge in [-0.3, -0.25) is 0 Å². The van der Waals surface area contributed by atoms with Gasteiger partial charge in [-0.25, -0.2) is 0 Å². The molecule has 0 aromatic heterocycles. The van der Waals surface area contributed by atoms with Gasteiger partial charge < -0.3 is 5.73 Å². The van der Waals surface area contributed by atoms with Crippen LogP contribution in [-0.2, 0) is 0 Å². The highest BCUT2D eigenvalue weighted by Gasteiger charge is 2.65. The molecular formula is C10H12F7NS. The summed E-state index contributed by atoms with van der Waals surface area (Å²) in [6, 6.07) is 1.64. The van der Waals surface area contributed by atoms with Gasteiger partial charge in [0.05, 0.1) is 17.1 Å². The Hall–Kier alpha value is -1.12. The average molecular weight is 311 g/mol. The number of hydrogen-bond donors (Lipinski definition) is 1. The van der Waals surface area contributed by atoms with Crippen molar-refractivity contribution in [1.29, 1.82) is 0 Å². The Morgan fingerprint density at radius 1 is 1.11 bits per heavy atom. The Balaban J connectivity index is 3.26. The number of benzene rings is 1. The van der Waals surface area contributed by atoms with E-state index in [-0.39, 0.29) is 11.3 Å². The molecule has 0 bridgehead atoms. The van der Waals surface area contributed by atoms with Crippen LogP contribution in [0.25, 0.3) is 0 Å². The lowest BCUT2D eigenvalue weighted by Crippen LogP contribution is -2.23. The second-order valence-electron chi connectivity index (χ2n) is 4.33. The minimum Gasteiger partial charge on any atom is -0.399 e. The smallest absolute Gasteiger partial charge is 0.390 e. The Labute approximate surface area is 105 Å². The normalized spacial score (nSPS) is 16.8. The van der Waals surface area contributed by atoms with Crippen LogP contribution >= 0.6 is 9.84 Å². The van der Waals surface area contributed by atoms with Crippen LogP contribution in [0.5, 0.6) is 0 Å². The molecule has 1 aromatic rings. The predicted octanol–water partition coefficient (Wildman–Crippen LogP) is 5.30. The van der Waals surface area contributed by atoms with Crippen molar-refractivity contribution >= 4 is 15.5 Å². The maximum absolute atomic E-state index is 13.6. The topological polar surface area (TPSA) is 26.0 Å². The molecular weight excluding hydrogens is 299 g/mol. The summed E-state index contributed by atoms with van der Waals surface area (Å²) in [6.45, 7) is 1.22. The minimum atomic E-state index is -8.94. The van der Waals surface area contributed by atoms with E-state index in [2.05, 4.69) is 0 Å². The molecule has 0 aliphatic carbocycles. The van der Waals surface area contributed by atoms with Gasteiger partial charge in [-0.15, -0.1) is 15.5 Å². The van der Waals surface area contributed by atoms with Gasteiger partial charge in [0.15, 0.2) is 9.84 Å². The molecule has 1 aromatic carbocycles. The number of nitrogens with two attached hydrogens (primary N) is 1. The molecule has 0 amide bonds. The zero-order valence-corrected chi connectivity index (χ0v) is 10.6. The van der Waals surface area contributed by atoms with Crippen LogP contribution < -0.4 is 5.73 Å². The van der Waals surface area contributed by atoms with Crippen molar-refractivity contribution in [2.45, 2.75) is 24.4 Å². The first kappa shape index (κ1) is 15.9. The number of alkyl halides is 3. The lowest BCUT2D eigenvalue weighted by molar-refractivity contribution is -0.130. The maximum atomic E-state index is 13.6. The highest BCUT2D eigenvalue weighted by Crippen LogP contribution is 3.00. The van der Waals surface area contributed by atoms with E-state index >= 15 is 0 Å². The molecule has 0 unspecified atom stereocenters. The lowest BCUT2D eigenvalue weighted by atomic mass is 10.2. The summed E-state index contributed by atoms with van der Waals surface area (Å²) in [7, 11) is -8.94. The van der Waals surface area contributed by atoms with Crippen molar-refractivity contribution in [2.24, 2.45) is 0 Å². The Morgan fingerprint density at radius 2 is 1.63 bits per heavy atom. The molecule has 0 saturated carbocycles. The SMILES string of the molecule is Cc1cc(S(F)(F)(F)(F)CCC(F)(F)F)ccc1N. The van der Waals surface area contributed by atoms with Gasteiger partial charge in [-0.2, -0.15) is 13.2 Å². The number of nitrogen functional groups attached to an aromatic ring is 1. The standard InChI is InChI=1S/C10H12F7NS/c1-7-6-8(2-3-9(7)18)19(14,15,16,17)5-4-10(11,12)13/h2-3,6H,4-5,18H2,1H3. The third kappa shape index (κ3) is 3.92. The zero-order valence-electron chi connectivity index (χ0n) is 9.78. The Morgan fingerprint density at radius 3 is 2.05 bits per heavy atom. The van der Waals surface area contributed by atoms with E-state index in [9.17, 15) is 28.7 Å². The van der Waals surface area contributed by atoms with Crippen LogP contribution in [0.3, 0.4) is 0 Å². The van der Waals surface area contributed by atoms with E-state index in [0.29, 0.717) is 12.1 Å². The quantitative estimate of drug-likeness (QED) is 0.594. The van der Waals surface area contributed by atoms with Gasteiger partial charge in [0.1, 0.15) is 0 Å². The first-order valence-corrected chi connectivity index (χ1v) is 7.28. The molecule has 2 N–H and O–H groups in total. The van der Waals surface area contributed by atoms with Crippen molar-refractivity contribution in [3.8, 4) is 0 Å². The van der Waals surface area contributed by atoms with Gasteiger partial charge in [0.25, 0.3) is 0 Å². The van der Waals surface area contributed by atoms with Gasteiger partial charge in [-0.1, -0.05) is 0 Å². The maximum Gasteiger partial charge on any atom is 0.390 e. The summed E-state index contributed by atoms with van der Waals surface area (Å²) in [4.78, 5) is -1.68. The Kier molecular flexibility index (Phi) is 3.11. The molecule has 1 nitrogen and oxygen atoms in total. The molecule has 19 heavy (non-hydrogen) atoms. The van der Waals surface area contributed by atoms with Crippen molar-refractivity contribution in [3.63, 3.8) is 0 Å². The third-order valence-electron chi connectivity index (χ3n) is 2.56. The van der Waals surface area contributed by atoms with Gasteiger partial charge in [-0.05, 0) is 30.7 Å². The van der Waals surface area contributed by atoms with Gasteiger partial charge in [0.2, 0.25) is 0 Å². The molecule has 0 fully saturated rings. The van der Waals surface area contributed by atoms with E-state index in [0.717, 1.165) is 6.07 Å². The predicted molar refractivity (Wildman–Crippen MR) is 61.4 cm³/mol. The highest BCUT2D eigenvalue weighted by molar-refractivity contribution is 8.49. The molecule has 0 radical (unpaired) electrons. The summed E-state index contributed by atoms with van der Waals surface area (Å²) >= 11 is 0. The summed E-state index contributed by atoms with van der Waals surface area (Å²) in [5.74, 6) is -2.53. The third-order valence-corrected chi connectivity index (χ3v) is 4.89. The van der Waals surface area contributed by atoms with Crippen LogP contribution in [-0.4, -0.2) is 11.9 Å². The van der Waals surface area contributed by atoms with Crippen molar-refractivity contribution in [1.82, 2.24) is 0 Å². The molecule has 1 rings (SSSR count). The molecule has 0 aliphatic heterocycles. The minimum absolute atomic E-state index is 0.00738. The second kappa shape index (κ2) is 3.71. The fourth-order valence-corrected chi connectivity index (χ4v) is 3.05. The molecule has 0 aliphatic rings. The van der Waals surface area contributed by atoms with Crippen molar-refractivity contribution in [2.75, 3.05) is 11.5 Å². The number of aryl methyl sites for hydroxylation is 1. The van der Waals surface area contributed by atoms with Crippen molar-refractivity contribution < 1.29 is 28.7 Å². The van der Waals surface area contributed by atoms with Gasteiger partial charge in [0, 0.05) is 5.69 Å². The Bertz CT molecular complexity index is 502. The fraction of sp³-hybridized carbons (Fsp3) is 0.400. The number of hydrogen-bond acceptors (Lipinski definition) is 1. The molecule has 0 spiro atoms. The first-order chi connectivity index (χ1) is 8.13. The first-order valence-electron chi connectivity index (χ1n) is 5.06. The lowest BCUT2D eigenvalue weighted by Gasteiger charge is -2.50. The molecule has 112 valence electrons. The van der Waals surface area contributed by atoms with Crippen LogP contribution in [0.2, 0.25) is 0 Å². The van der Waals surface area contributed by atoms with Gasteiger partial charge >= 0.3 is 6.18 Å². The number of rotatable bonds is 3. The van der Waals surface area contributed by atoms with Crippen LogP contribution in [0, 0.1) is 6.92 Å². The van der Waals surface area contributed by atoms with E-state index in [1.54, 1.807) is 0 Å². The number of anilines is 1. The highest BCUT2D eigenvalue weighted by atomic mass is 32.5. The zero-order chi connectivity index (χ0) is 15.2. The monoisotopic (exact) mass is 311 g/mol.